The molecule has 1 amide bonds. The molecule has 11 heteroatoms. The summed E-state index contributed by atoms with van der Waals surface area (Å²) in [5.41, 5.74) is 0. The van der Waals surface area contributed by atoms with Crippen LogP contribution in [-0.4, -0.2) is 70.9 Å². The number of nitrogens with zero attached hydrogens (tertiary/aromatic N) is 4. The van der Waals surface area contributed by atoms with Gasteiger partial charge in [-0.2, -0.15) is 4.31 Å². The second-order valence-corrected chi connectivity index (χ2v) is 12.7. The maximum absolute atomic E-state index is 12.8. The normalized spacial score (nSPS) is 16.5. The Labute approximate surface area is 190 Å². The number of benzene rings is 1. The average molecular weight is 487 g/mol. The zero-order valence-electron chi connectivity index (χ0n) is 17.1. The summed E-state index contributed by atoms with van der Waals surface area (Å²) in [5, 5.41) is 8.10. The number of sulfonamides is 1. The summed E-state index contributed by atoms with van der Waals surface area (Å²) in [5.74, 6) is 1.03. The molecule has 164 valence electrons. The van der Waals surface area contributed by atoms with Gasteiger partial charge in [0.15, 0.2) is 8.68 Å². The molecule has 2 heterocycles. The molecule has 0 aliphatic carbocycles. The summed E-state index contributed by atoms with van der Waals surface area (Å²) in [6.07, 6.45) is 2.30. The molecule has 1 fully saturated rings. The van der Waals surface area contributed by atoms with Gasteiger partial charge in [0.05, 0.1) is 10.1 Å². The lowest BCUT2D eigenvalue weighted by molar-refractivity contribution is -0.131. The minimum Gasteiger partial charge on any atom is -0.339 e. The van der Waals surface area contributed by atoms with Crippen LogP contribution in [0.25, 0.3) is 0 Å². The molecule has 1 aromatic heterocycles. The van der Waals surface area contributed by atoms with Crippen molar-refractivity contribution in [3.63, 3.8) is 0 Å². The Kier molecular flexibility index (Phi) is 8.58. The van der Waals surface area contributed by atoms with Crippen molar-refractivity contribution in [1.29, 1.82) is 0 Å². The van der Waals surface area contributed by atoms with Gasteiger partial charge in [0.1, 0.15) is 0 Å². The standard InChI is InChI=1S/C19H26N4O3S4/c1-3-4-14-27-18-20-21-19(29-18)28-15(2)17(24)22-10-12-23(13-11-22)30(25,26)16-8-6-5-7-9-16/h5-9,15H,3-4,10-14H2,1-2H3. The van der Waals surface area contributed by atoms with Crippen molar-refractivity contribution < 1.29 is 13.2 Å². The zero-order valence-corrected chi connectivity index (χ0v) is 20.3. The molecule has 1 aliphatic rings. The van der Waals surface area contributed by atoms with Crippen LogP contribution in [0.2, 0.25) is 0 Å². The first-order chi connectivity index (χ1) is 14.4. The van der Waals surface area contributed by atoms with Crippen molar-refractivity contribution in [1.82, 2.24) is 19.4 Å². The minimum absolute atomic E-state index is 0.00662. The number of carbonyl (C=O) groups is 1. The molecule has 1 unspecified atom stereocenters. The van der Waals surface area contributed by atoms with Crippen molar-refractivity contribution in [3.8, 4) is 0 Å². The van der Waals surface area contributed by atoms with Gasteiger partial charge < -0.3 is 4.90 Å². The van der Waals surface area contributed by atoms with Crippen LogP contribution in [0.1, 0.15) is 26.7 Å². The van der Waals surface area contributed by atoms with Gasteiger partial charge in [-0.1, -0.05) is 66.4 Å². The number of carbonyl (C=O) groups excluding carboxylic acids is 1. The van der Waals surface area contributed by atoms with Crippen LogP contribution in [0, 0.1) is 0 Å². The van der Waals surface area contributed by atoms with Gasteiger partial charge in [-0.15, -0.1) is 10.2 Å². The van der Waals surface area contributed by atoms with Crippen LogP contribution in [0.3, 0.4) is 0 Å². The molecule has 0 bridgehead atoms. The van der Waals surface area contributed by atoms with Gasteiger partial charge in [-0.3, -0.25) is 4.79 Å². The van der Waals surface area contributed by atoms with Gasteiger partial charge in [0.25, 0.3) is 0 Å². The highest BCUT2D eigenvalue weighted by molar-refractivity contribution is 8.03. The Morgan fingerprint density at radius 3 is 2.47 bits per heavy atom. The molecule has 0 spiro atoms. The van der Waals surface area contributed by atoms with Gasteiger partial charge in [0, 0.05) is 31.9 Å². The van der Waals surface area contributed by atoms with Gasteiger partial charge in [-0.05, 0) is 25.5 Å². The first kappa shape index (κ1) is 23.5. The molecule has 7 nitrogen and oxygen atoms in total. The fourth-order valence-electron chi connectivity index (χ4n) is 2.96. The second kappa shape index (κ2) is 10.9. The van der Waals surface area contributed by atoms with E-state index in [9.17, 15) is 13.2 Å². The SMILES string of the molecule is CCCCSc1nnc(SC(C)C(=O)N2CCN(S(=O)(=O)c3ccccc3)CC2)s1. The molecule has 2 aromatic rings. The summed E-state index contributed by atoms with van der Waals surface area (Å²) in [7, 11) is -3.52. The largest absolute Gasteiger partial charge is 0.339 e. The van der Waals surface area contributed by atoms with Crippen molar-refractivity contribution in [2.45, 2.75) is 45.5 Å². The van der Waals surface area contributed by atoms with E-state index in [4.69, 9.17) is 0 Å². The molecule has 0 radical (unpaired) electrons. The molecular formula is C19H26N4O3S4. The topological polar surface area (TPSA) is 83.5 Å². The number of hydrogen-bond acceptors (Lipinski definition) is 8. The van der Waals surface area contributed by atoms with Crippen molar-refractivity contribution in [2.24, 2.45) is 0 Å². The smallest absolute Gasteiger partial charge is 0.243 e. The van der Waals surface area contributed by atoms with E-state index in [-0.39, 0.29) is 16.1 Å². The molecule has 0 N–H and O–H groups in total. The summed E-state index contributed by atoms with van der Waals surface area (Å²) in [6.45, 7) is 5.42. The Hall–Kier alpha value is -1.14. The Bertz CT molecular complexity index is 928. The summed E-state index contributed by atoms with van der Waals surface area (Å²) >= 11 is 4.64. The van der Waals surface area contributed by atoms with Crippen LogP contribution < -0.4 is 0 Å². The number of thioether (sulfide) groups is 2. The number of amides is 1. The molecule has 30 heavy (non-hydrogen) atoms. The van der Waals surface area contributed by atoms with Crippen LogP contribution in [-0.2, 0) is 14.8 Å². The molecule has 1 atom stereocenters. The maximum atomic E-state index is 12.8. The van der Waals surface area contributed by atoms with Crippen molar-refractivity contribution in [3.05, 3.63) is 30.3 Å². The Morgan fingerprint density at radius 2 is 1.80 bits per heavy atom. The van der Waals surface area contributed by atoms with Crippen molar-refractivity contribution >= 4 is 50.8 Å². The number of hydrogen-bond donors (Lipinski definition) is 0. The highest BCUT2D eigenvalue weighted by atomic mass is 32.2. The zero-order chi connectivity index (χ0) is 21.6. The van der Waals surface area contributed by atoms with Crippen LogP contribution >= 0.6 is 34.9 Å². The Balaban J connectivity index is 1.51. The lowest BCUT2D eigenvalue weighted by Crippen LogP contribution is -2.52. The minimum atomic E-state index is -3.52. The van der Waals surface area contributed by atoms with Crippen LogP contribution in [0.4, 0.5) is 0 Å². The number of piperazine rings is 1. The molecule has 1 aliphatic heterocycles. The molecular weight excluding hydrogens is 461 g/mol. The Morgan fingerprint density at radius 1 is 1.13 bits per heavy atom. The fourth-order valence-corrected chi connectivity index (χ4v) is 7.80. The molecule has 3 rings (SSSR count). The first-order valence-electron chi connectivity index (χ1n) is 9.88. The predicted octanol–water partition coefficient (Wildman–Crippen LogP) is 3.44. The maximum Gasteiger partial charge on any atom is 0.243 e. The second-order valence-electron chi connectivity index (χ2n) is 6.84. The molecule has 1 saturated heterocycles. The third-order valence-electron chi connectivity index (χ3n) is 4.67. The number of aromatic nitrogens is 2. The lowest BCUT2D eigenvalue weighted by Gasteiger charge is -2.35. The van der Waals surface area contributed by atoms with E-state index in [1.54, 1.807) is 47.0 Å². The third kappa shape index (κ3) is 5.97. The number of rotatable bonds is 9. The number of unbranched alkanes of at least 4 members (excludes halogenated alkanes) is 1. The van der Waals surface area contributed by atoms with Crippen molar-refractivity contribution in [2.75, 3.05) is 31.9 Å². The van der Waals surface area contributed by atoms with E-state index in [1.807, 2.05) is 6.92 Å². The van der Waals surface area contributed by atoms with E-state index >= 15 is 0 Å². The van der Waals surface area contributed by atoms with Crippen LogP contribution in [0.5, 0.6) is 0 Å². The average Bonchev–Trinajstić information content (AvgIpc) is 3.21. The summed E-state index contributed by atoms with van der Waals surface area (Å²) < 4.78 is 28.7. The first-order valence-corrected chi connectivity index (χ1v) is 14.0. The predicted molar refractivity (Wildman–Crippen MR) is 123 cm³/mol. The quantitative estimate of drug-likeness (QED) is 0.396. The third-order valence-corrected chi connectivity index (χ3v) is 9.90. The van der Waals surface area contributed by atoms with E-state index in [2.05, 4.69) is 17.1 Å². The van der Waals surface area contributed by atoms with Gasteiger partial charge >= 0.3 is 0 Å². The van der Waals surface area contributed by atoms with E-state index in [1.165, 1.54) is 27.4 Å². The highest BCUT2D eigenvalue weighted by Crippen LogP contribution is 2.32. The summed E-state index contributed by atoms with van der Waals surface area (Å²) in [4.78, 5) is 14.9. The molecule has 1 aromatic carbocycles. The lowest BCUT2D eigenvalue weighted by atomic mass is 10.3. The van der Waals surface area contributed by atoms with Gasteiger partial charge in [-0.25, -0.2) is 8.42 Å². The van der Waals surface area contributed by atoms with E-state index in [0.717, 1.165) is 27.3 Å². The van der Waals surface area contributed by atoms with Gasteiger partial charge in [0.2, 0.25) is 15.9 Å². The summed E-state index contributed by atoms with van der Waals surface area (Å²) in [6, 6.07) is 8.42. The van der Waals surface area contributed by atoms with E-state index < -0.39 is 10.0 Å². The van der Waals surface area contributed by atoms with E-state index in [0.29, 0.717) is 26.2 Å². The highest BCUT2D eigenvalue weighted by Gasteiger charge is 2.31. The fraction of sp³-hybridized carbons (Fsp3) is 0.526. The van der Waals surface area contributed by atoms with Crippen LogP contribution in [0.15, 0.2) is 43.9 Å². The molecule has 0 saturated carbocycles. The monoisotopic (exact) mass is 486 g/mol.